The third-order valence-electron chi connectivity index (χ3n) is 6.54. The van der Waals surface area contributed by atoms with Crippen molar-refractivity contribution in [2.75, 3.05) is 19.8 Å². The second-order valence-electron chi connectivity index (χ2n) is 9.94. The van der Waals surface area contributed by atoms with Gasteiger partial charge in [0.25, 0.3) is 0 Å². The molecule has 4 N–H and O–H groups in total. The first-order valence-corrected chi connectivity index (χ1v) is 14.0. The molecular formula is C27H50O10. The van der Waals surface area contributed by atoms with Gasteiger partial charge in [0.05, 0.1) is 13.2 Å². The Labute approximate surface area is 221 Å². The molecule has 218 valence electrons. The molecule has 0 amide bonds. The number of unbranched alkanes of at least 4 members (excludes halogenated alkanes) is 12. The van der Waals surface area contributed by atoms with Crippen molar-refractivity contribution in [1.29, 1.82) is 0 Å². The summed E-state index contributed by atoms with van der Waals surface area (Å²) in [5.74, 6) is -0.997. The van der Waals surface area contributed by atoms with Crippen LogP contribution in [0.1, 0.15) is 104 Å². The van der Waals surface area contributed by atoms with Crippen LogP contribution in [-0.4, -0.2) is 89.0 Å². The van der Waals surface area contributed by atoms with Crippen molar-refractivity contribution in [2.45, 2.75) is 141 Å². The Hall–Kier alpha value is -1.30. The van der Waals surface area contributed by atoms with E-state index in [1.54, 1.807) is 0 Å². The summed E-state index contributed by atoms with van der Waals surface area (Å²) in [6, 6.07) is 0. The van der Waals surface area contributed by atoms with E-state index in [4.69, 9.17) is 18.9 Å². The molecule has 0 bridgehead atoms. The average Bonchev–Trinajstić information content (AvgIpc) is 2.87. The number of rotatable bonds is 21. The summed E-state index contributed by atoms with van der Waals surface area (Å²) in [6.45, 7) is 2.34. The largest absolute Gasteiger partial charge is 0.462 e. The van der Waals surface area contributed by atoms with Gasteiger partial charge in [-0.3, -0.25) is 9.59 Å². The third-order valence-corrected chi connectivity index (χ3v) is 6.54. The fourth-order valence-electron chi connectivity index (χ4n) is 4.30. The molecule has 0 spiro atoms. The van der Waals surface area contributed by atoms with Crippen LogP contribution < -0.4 is 0 Å². The lowest BCUT2D eigenvalue weighted by Crippen LogP contribution is -2.59. The van der Waals surface area contributed by atoms with Gasteiger partial charge in [-0.25, -0.2) is 0 Å². The van der Waals surface area contributed by atoms with Crippen LogP contribution in [0.15, 0.2) is 0 Å². The first kappa shape index (κ1) is 33.7. The van der Waals surface area contributed by atoms with Crippen LogP contribution in [0.5, 0.6) is 0 Å². The highest BCUT2D eigenvalue weighted by Gasteiger charge is 2.44. The molecule has 10 heteroatoms. The van der Waals surface area contributed by atoms with Crippen LogP contribution >= 0.6 is 0 Å². The number of carbonyl (C=O) groups excluding carboxylic acids is 2. The minimum atomic E-state index is -1.58. The van der Waals surface area contributed by atoms with Crippen molar-refractivity contribution >= 4 is 11.9 Å². The number of hydrogen-bond donors (Lipinski definition) is 4. The first-order valence-electron chi connectivity index (χ1n) is 14.0. The molecule has 1 heterocycles. The normalized spacial score (nSPS) is 24.5. The molecule has 1 saturated heterocycles. The van der Waals surface area contributed by atoms with E-state index in [0.29, 0.717) is 0 Å². The van der Waals surface area contributed by atoms with Crippen LogP contribution in [0.3, 0.4) is 0 Å². The number of aliphatic hydroxyl groups excluding tert-OH is 4. The SMILES string of the molecule is CCCCCCCCCCCCCCCC(=O)OC[C@H](CO[C@@H]1O[C@H](CO)[C@H](O)[C@H](O)[C@H]1O)OC(C)=O. The average molecular weight is 535 g/mol. The van der Waals surface area contributed by atoms with Crippen molar-refractivity contribution < 1.29 is 49.0 Å². The van der Waals surface area contributed by atoms with Gasteiger partial charge in [-0.1, -0.05) is 84.0 Å². The summed E-state index contributed by atoms with van der Waals surface area (Å²) in [5, 5.41) is 39.0. The van der Waals surface area contributed by atoms with Crippen molar-refractivity contribution in [1.82, 2.24) is 0 Å². The summed E-state index contributed by atoms with van der Waals surface area (Å²) in [5.41, 5.74) is 0. The van der Waals surface area contributed by atoms with Gasteiger partial charge in [-0.15, -0.1) is 0 Å². The molecular weight excluding hydrogens is 484 g/mol. The molecule has 0 aromatic rings. The molecule has 1 aliphatic rings. The molecule has 10 nitrogen and oxygen atoms in total. The fraction of sp³-hybridized carbons (Fsp3) is 0.926. The monoisotopic (exact) mass is 534 g/mol. The molecule has 0 unspecified atom stereocenters. The standard InChI is InChI=1S/C27H50O10/c1-3-4-5-6-7-8-9-10-11-12-13-14-15-16-23(30)34-18-21(36-20(2)29)19-35-27-26(33)25(32)24(31)22(17-28)37-27/h21-22,24-28,31-33H,3-19H2,1-2H3/t21-,22-,24+,25+,26-,27-/m1/s1. The minimum absolute atomic E-state index is 0.228. The van der Waals surface area contributed by atoms with Gasteiger partial charge in [-0.2, -0.15) is 0 Å². The number of aliphatic hydroxyl groups is 4. The molecule has 0 aromatic carbocycles. The Morgan fingerprint density at radius 3 is 1.84 bits per heavy atom. The highest BCUT2D eigenvalue weighted by molar-refractivity contribution is 5.69. The van der Waals surface area contributed by atoms with E-state index in [9.17, 15) is 30.0 Å². The molecule has 37 heavy (non-hydrogen) atoms. The molecule has 6 atom stereocenters. The van der Waals surface area contributed by atoms with E-state index >= 15 is 0 Å². The van der Waals surface area contributed by atoms with E-state index in [1.807, 2.05) is 0 Å². The van der Waals surface area contributed by atoms with E-state index in [1.165, 1.54) is 71.1 Å². The number of hydrogen-bond acceptors (Lipinski definition) is 10. The smallest absolute Gasteiger partial charge is 0.305 e. The Bertz CT molecular complexity index is 600. The fourth-order valence-corrected chi connectivity index (χ4v) is 4.30. The molecule has 0 aromatic heterocycles. The molecule has 0 saturated carbocycles. The Morgan fingerprint density at radius 2 is 1.32 bits per heavy atom. The van der Waals surface area contributed by atoms with Crippen molar-refractivity contribution in [3.8, 4) is 0 Å². The second kappa shape index (κ2) is 20.6. The van der Waals surface area contributed by atoms with E-state index < -0.39 is 55.4 Å². The summed E-state index contributed by atoms with van der Waals surface area (Å²) in [4.78, 5) is 23.5. The highest BCUT2D eigenvalue weighted by atomic mass is 16.7. The summed E-state index contributed by atoms with van der Waals surface area (Å²) >= 11 is 0. The lowest BCUT2D eigenvalue weighted by atomic mass is 9.99. The molecule has 1 rings (SSSR count). The van der Waals surface area contributed by atoms with Crippen LogP contribution in [-0.2, 0) is 28.5 Å². The maximum absolute atomic E-state index is 12.1. The summed E-state index contributed by atoms with van der Waals surface area (Å²) < 4.78 is 21.0. The van der Waals surface area contributed by atoms with Crippen LogP contribution in [0.4, 0.5) is 0 Å². The maximum Gasteiger partial charge on any atom is 0.305 e. The van der Waals surface area contributed by atoms with Gasteiger partial charge in [0.1, 0.15) is 31.0 Å². The van der Waals surface area contributed by atoms with Gasteiger partial charge < -0.3 is 39.4 Å². The van der Waals surface area contributed by atoms with E-state index in [0.717, 1.165) is 19.3 Å². The Balaban J connectivity index is 2.18. The lowest BCUT2D eigenvalue weighted by molar-refractivity contribution is -0.305. The highest BCUT2D eigenvalue weighted by Crippen LogP contribution is 2.22. The quantitative estimate of drug-likeness (QED) is 0.128. The van der Waals surface area contributed by atoms with Gasteiger partial charge in [0.2, 0.25) is 0 Å². The van der Waals surface area contributed by atoms with Gasteiger partial charge in [0.15, 0.2) is 12.4 Å². The maximum atomic E-state index is 12.1. The number of esters is 2. The predicted molar refractivity (Wildman–Crippen MR) is 137 cm³/mol. The lowest BCUT2D eigenvalue weighted by Gasteiger charge is -2.39. The predicted octanol–water partition coefficient (Wildman–Crippen LogP) is 2.76. The van der Waals surface area contributed by atoms with Crippen molar-refractivity contribution in [3.05, 3.63) is 0 Å². The Morgan fingerprint density at radius 1 is 0.784 bits per heavy atom. The zero-order valence-electron chi connectivity index (χ0n) is 22.7. The number of ether oxygens (including phenoxy) is 4. The second-order valence-corrected chi connectivity index (χ2v) is 9.94. The molecule has 1 fully saturated rings. The summed E-state index contributed by atoms with van der Waals surface area (Å²) in [7, 11) is 0. The molecule has 0 aliphatic carbocycles. The van der Waals surface area contributed by atoms with Crippen molar-refractivity contribution in [2.24, 2.45) is 0 Å². The molecule has 0 radical (unpaired) electrons. The van der Waals surface area contributed by atoms with Crippen LogP contribution in [0.2, 0.25) is 0 Å². The summed E-state index contributed by atoms with van der Waals surface area (Å²) in [6.07, 6.45) is 7.99. The van der Waals surface area contributed by atoms with Gasteiger partial charge in [-0.05, 0) is 6.42 Å². The minimum Gasteiger partial charge on any atom is -0.462 e. The van der Waals surface area contributed by atoms with Gasteiger partial charge >= 0.3 is 11.9 Å². The van der Waals surface area contributed by atoms with E-state index in [-0.39, 0.29) is 19.6 Å². The van der Waals surface area contributed by atoms with Crippen LogP contribution in [0.25, 0.3) is 0 Å². The zero-order chi connectivity index (χ0) is 27.5. The Kier molecular flexibility index (Phi) is 18.8. The third kappa shape index (κ3) is 15.0. The zero-order valence-corrected chi connectivity index (χ0v) is 22.7. The van der Waals surface area contributed by atoms with Crippen LogP contribution in [0, 0.1) is 0 Å². The van der Waals surface area contributed by atoms with E-state index in [2.05, 4.69) is 6.92 Å². The van der Waals surface area contributed by atoms with Gasteiger partial charge in [0, 0.05) is 13.3 Å². The topological polar surface area (TPSA) is 152 Å². The number of carbonyl (C=O) groups is 2. The van der Waals surface area contributed by atoms with Crippen molar-refractivity contribution in [3.63, 3.8) is 0 Å². The molecule has 1 aliphatic heterocycles. The first-order chi connectivity index (χ1) is 17.8.